The van der Waals surface area contributed by atoms with Gasteiger partial charge in [-0.25, -0.2) is 4.99 Å². The maximum absolute atomic E-state index is 5.92. The Morgan fingerprint density at radius 1 is 1.13 bits per heavy atom. The summed E-state index contributed by atoms with van der Waals surface area (Å²) in [5, 5.41) is 3.10. The normalized spacial score (nSPS) is 11.3. The number of aliphatic imine (C=N–C) groups is 1. The maximum Gasteiger partial charge on any atom is 0.193 e. The predicted octanol–water partition coefficient (Wildman–Crippen LogP) is 2.95. The van der Waals surface area contributed by atoms with Crippen LogP contribution in [0, 0.1) is 6.92 Å². The molecular formula is C18H23N3O2. The Morgan fingerprint density at radius 3 is 2.65 bits per heavy atom. The second-order valence-electron chi connectivity index (χ2n) is 5.10. The van der Waals surface area contributed by atoms with Crippen LogP contribution in [-0.2, 0) is 11.3 Å². The Morgan fingerprint density at radius 2 is 1.87 bits per heavy atom. The zero-order valence-electron chi connectivity index (χ0n) is 13.6. The standard InChI is InChI=1S/C18H23N3O2/c1-14-7-3-6-10-17(14)23-12-11-20-18(19)21-16-9-5-4-8-15(16)13-22-2/h3-10H,11-13H2,1-2H3,(H3,19,20,21). The van der Waals surface area contributed by atoms with Gasteiger partial charge in [0.2, 0.25) is 0 Å². The van der Waals surface area contributed by atoms with E-state index in [2.05, 4.69) is 10.3 Å². The number of nitrogens with one attached hydrogen (secondary N) is 1. The van der Waals surface area contributed by atoms with Gasteiger partial charge in [0.1, 0.15) is 12.4 Å². The first-order valence-corrected chi connectivity index (χ1v) is 7.53. The van der Waals surface area contributed by atoms with E-state index < -0.39 is 0 Å². The van der Waals surface area contributed by atoms with Crippen LogP contribution in [0.4, 0.5) is 5.69 Å². The molecule has 23 heavy (non-hydrogen) atoms. The van der Waals surface area contributed by atoms with Crippen LogP contribution < -0.4 is 15.8 Å². The van der Waals surface area contributed by atoms with E-state index >= 15 is 0 Å². The highest BCUT2D eigenvalue weighted by Crippen LogP contribution is 2.16. The van der Waals surface area contributed by atoms with Crippen LogP contribution in [0.5, 0.6) is 5.75 Å². The first-order chi connectivity index (χ1) is 11.2. The van der Waals surface area contributed by atoms with Gasteiger partial charge in [-0.1, -0.05) is 36.4 Å². The molecule has 0 aromatic heterocycles. The summed E-state index contributed by atoms with van der Waals surface area (Å²) in [6.07, 6.45) is 0. The van der Waals surface area contributed by atoms with Crippen molar-refractivity contribution in [1.82, 2.24) is 0 Å². The summed E-state index contributed by atoms with van der Waals surface area (Å²) in [6.45, 7) is 3.50. The predicted molar refractivity (Wildman–Crippen MR) is 93.9 cm³/mol. The maximum atomic E-state index is 5.92. The van der Waals surface area contributed by atoms with Gasteiger partial charge in [0.05, 0.1) is 13.2 Å². The van der Waals surface area contributed by atoms with Crippen LogP contribution in [0.1, 0.15) is 11.1 Å². The summed E-state index contributed by atoms with van der Waals surface area (Å²) in [7, 11) is 1.66. The number of benzene rings is 2. The van der Waals surface area contributed by atoms with Gasteiger partial charge in [0.15, 0.2) is 5.96 Å². The van der Waals surface area contributed by atoms with Crippen molar-refractivity contribution in [3.8, 4) is 5.75 Å². The van der Waals surface area contributed by atoms with Gasteiger partial charge in [0, 0.05) is 18.4 Å². The molecule has 0 spiro atoms. The van der Waals surface area contributed by atoms with Crippen molar-refractivity contribution >= 4 is 11.6 Å². The molecule has 0 aliphatic rings. The Labute approximate surface area is 137 Å². The third-order valence-corrected chi connectivity index (χ3v) is 3.30. The fourth-order valence-corrected chi connectivity index (χ4v) is 2.14. The molecular weight excluding hydrogens is 290 g/mol. The number of para-hydroxylation sites is 2. The highest BCUT2D eigenvalue weighted by atomic mass is 16.5. The lowest BCUT2D eigenvalue weighted by Crippen LogP contribution is -2.24. The van der Waals surface area contributed by atoms with Gasteiger partial charge >= 0.3 is 0 Å². The molecule has 2 aromatic carbocycles. The Bertz CT molecular complexity index is 656. The average Bonchev–Trinajstić information content (AvgIpc) is 2.55. The van der Waals surface area contributed by atoms with Crippen LogP contribution >= 0.6 is 0 Å². The van der Waals surface area contributed by atoms with Crippen molar-refractivity contribution in [1.29, 1.82) is 0 Å². The summed E-state index contributed by atoms with van der Waals surface area (Å²) >= 11 is 0. The molecule has 0 bridgehead atoms. The highest BCUT2D eigenvalue weighted by Gasteiger charge is 2.02. The quantitative estimate of drug-likeness (QED) is 0.468. The number of methoxy groups -OCH3 is 1. The largest absolute Gasteiger partial charge is 0.491 e. The lowest BCUT2D eigenvalue weighted by atomic mass is 10.2. The van der Waals surface area contributed by atoms with Crippen LogP contribution in [0.2, 0.25) is 0 Å². The minimum absolute atomic E-state index is 0.363. The van der Waals surface area contributed by atoms with Crippen molar-refractivity contribution in [3.63, 3.8) is 0 Å². The van der Waals surface area contributed by atoms with Crippen molar-refractivity contribution < 1.29 is 9.47 Å². The summed E-state index contributed by atoms with van der Waals surface area (Å²) in [4.78, 5) is 4.28. The SMILES string of the molecule is COCc1ccccc1NC(N)=NCCOc1ccccc1C. The molecule has 122 valence electrons. The number of rotatable bonds is 7. The summed E-state index contributed by atoms with van der Waals surface area (Å²) in [5.41, 5.74) is 8.96. The Balaban J connectivity index is 1.85. The molecule has 0 atom stereocenters. The lowest BCUT2D eigenvalue weighted by molar-refractivity contribution is 0.185. The molecule has 0 aliphatic carbocycles. The van der Waals surface area contributed by atoms with Gasteiger partial charge in [-0.2, -0.15) is 0 Å². The van der Waals surface area contributed by atoms with E-state index in [4.69, 9.17) is 15.2 Å². The molecule has 0 aliphatic heterocycles. The lowest BCUT2D eigenvalue weighted by Gasteiger charge is -2.11. The van der Waals surface area contributed by atoms with Gasteiger partial charge < -0.3 is 20.5 Å². The number of ether oxygens (including phenoxy) is 2. The molecule has 0 unspecified atom stereocenters. The number of guanidine groups is 1. The Kier molecular flexibility index (Phi) is 6.44. The topological polar surface area (TPSA) is 68.9 Å². The van der Waals surface area contributed by atoms with Gasteiger partial charge in [-0.3, -0.25) is 0 Å². The molecule has 0 amide bonds. The van der Waals surface area contributed by atoms with E-state index in [0.29, 0.717) is 25.7 Å². The fraction of sp³-hybridized carbons (Fsp3) is 0.278. The van der Waals surface area contributed by atoms with Gasteiger partial charge in [-0.05, 0) is 24.6 Å². The van der Waals surface area contributed by atoms with E-state index in [0.717, 1.165) is 22.6 Å². The van der Waals surface area contributed by atoms with E-state index in [-0.39, 0.29) is 0 Å². The number of nitrogens with zero attached hydrogens (tertiary/aromatic N) is 1. The molecule has 0 heterocycles. The number of anilines is 1. The number of hydrogen-bond acceptors (Lipinski definition) is 3. The number of nitrogens with two attached hydrogens (primary N) is 1. The third kappa shape index (κ3) is 5.30. The molecule has 0 radical (unpaired) electrons. The van der Waals surface area contributed by atoms with E-state index in [1.807, 2.05) is 55.5 Å². The zero-order chi connectivity index (χ0) is 16.5. The van der Waals surface area contributed by atoms with Crippen LogP contribution in [-0.4, -0.2) is 26.2 Å². The van der Waals surface area contributed by atoms with Crippen LogP contribution in [0.3, 0.4) is 0 Å². The van der Waals surface area contributed by atoms with E-state index in [1.165, 1.54) is 0 Å². The van der Waals surface area contributed by atoms with Gasteiger partial charge in [-0.15, -0.1) is 0 Å². The Hall–Kier alpha value is -2.53. The summed E-state index contributed by atoms with van der Waals surface area (Å²) in [6, 6.07) is 15.7. The second-order valence-corrected chi connectivity index (χ2v) is 5.10. The van der Waals surface area contributed by atoms with E-state index in [9.17, 15) is 0 Å². The smallest absolute Gasteiger partial charge is 0.193 e. The minimum Gasteiger partial charge on any atom is -0.491 e. The van der Waals surface area contributed by atoms with Crippen molar-refractivity contribution in [3.05, 3.63) is 59.7 Å². The van der Waals surface area contributed by atoms with Crippen molar-refractivity contribution in [2.24, 2.45) is 10.7 Å². The van der Waals surface area contributed by atoms with Crippen LogP contribution in [0.15, 0.2) is 53.5 Å². The first kappa shape index (κ1) is 16.8. The molecule has 2 rings (SSSR count). The highest BCUT2D eigenvalue weighted by molar-refractivity contribution is 5.92. The summed E-state index contributed by atoms with van der Waals surface area (Å²) in [5.74, 6) is 1.24. The molecule has 5 nitrogen and oxygen atoms in total. The second kappa shape index (κ2) is 8.80. The van der Waals surface area contributed by atoms with E-state index in [1.54, 1.807) is 7.11 Å². The fourth-order valence-electron chi connectivity index (χ4n) is 2.14. The van der Waals surface area contributed by atoms with Crippen molar-refractivity contribution in [2.45, 2.75) is 13.5 Å². The molecule has 0 saturated carbocycles. The number of hydrogen-bond donors (Lipinski definition) is 2. The summed E-state index contributed by atoms with van der Waals surface area (Å²) < 4.78 is 10.9. The third-order valence-electron chi connectivity index (χ3n) is 3.30. The molecule has 3 N–H and O–H groups in total. The molecule has 2 aromatic rings. The molecule has 0 fully saturated rings. The monoisotopic (exact) mass is 313 g/mol. The molecule has 0 saturated heterocycles. The number of aryl methyl sites for hydroxylation is 1. The zero-order valence-corrected chi connectivity index (χ0v) is 13.6. The first-order valence-electron chi connectivity index (χ1n) is 7.53. The average molecular weight is 313 g/mol. The minimum atomic E-state index is 0.363. The van der Waals surface area contributed by atoms with Crippen molar-refractivity contribution in [2.75, 3.05) is 25.6 Å². The van der Waals surface area contributed by atoms with Crippen LogP contribution in [0.25, 0.3) is 0 Å². The van der Waals surface area contributed by atoms with Gasteiger partial charge in [0.25, 0.3) is 0 Å². The molecule has 5 heteroatoms.